The maximum atomic E-state index is 12.2. The monoisotopic (exact) mass is 354 g/mol. The van der Waals surface area contributed by atoms with Gasteiger partial charge in [0, 0.05) is 11.3 Å². The van der Waals surface area contributed by atoms with E-state index in [1.807, 2.05) is 26.0 Å². The zero-order valence-corrected chi connectivity index (χ0v) is 15.0. The largest absolute Gasteiger partial charge is 0.451 e. The van der Waals surface area contributed by atoms with Crippen LogP contribution in [0.4, 0.5) is 5.69 Å². The number of ether oxygens (including phenoxy) is 1. The molecule has 6 nitrogen and oxygen atoms in total. The summed E-state index contributed by atoms with van der Waals surface area (Å²) in [6.45, 7) is 5.02. The number of amides is 2. The Hall–Kier alpha value is -3.15. The molecule has 0 unspecified atom stereocenters. The first-order chi connectivity index (χ1) is 12.4. The molecule has 26 heavy (non-hydrogen) atoms. The molecule has 0 aliphatic heterocycles. The van der Waals surface area contributed by atoms with E-state index in [1.54, 1.807) is 36.4 Å². The molecule has 0 saturated carbocycles. The topological polar surface area (TPSA) is 84.5 Å². The molecular weight excluding hydrogens is 332 g/mol. The van der Waals surface area contributed by atoms with Crippen LogP contribution in [0.3, 0.4) is 0 Å². The van der Waals surface area contributed by atoms with Crippen molar-refractivity contribution in [3.8, 4) is 0 Å². The van der Waals surface area contributed by atoms with E-state index in [4.69, 9.17) is 4.74 Å². The number of aryl methyl sites for hydroxylation is 1. The van der Waals surface area contributed by atoms with Crippen molar-refractivity contribution in [1.82, 2.24) is 5.32 Å². The summed E-state index contributed by atoms with van der Waals surface area (Å²) < 4.78 is 5.08. The summed E-state index contributed by atoms with van der Waals surface area (Å²) >= 11 is 0. The summed E-state index contributed by atoms with van der Waals surface area (Å²) in [6.07, 6.45) is -0.976. The highest BCUT2D eigenvalue weighted by atomic mass is 16.5. The minimum absolute atomic E-state index is 0.311. The number of rotatable bonds is 6. The Kier molecular flexibility index (Phi) is 6.49. The van der Waals surface area contributed by atoms with Crippen molar-refractivity contribution in [3.05, 3.63) is 65.2 Å². The van der Waals surface area contributed by atoms with E-state index in [-0.39, 0.29) is 12.5 Å². The normalized spacial score (nSPS) is 11.3. The molecule has 1 atom stereocenters. The first-order valence-corrected chi connectivity index (χ1v) is 8.28. The van der Waals surface area contributed by atoms with Crippen LogP contribution in [0.5, 0.6) is 0 Å². The molecule has 0 fully saturated rings. The maximum Gasteiger partial charge on any atom is 0.326 e. The van der Waals surface area contributed by atoms with E-state index in [9.17, 15) is 14.4 Å². The number of hydrogen-bond acceptors (Lipinski definition) is 4. The Morgan fingerprint density at radius 2 is 1.69 bits per heavy atom. The second-order valence-corrected chi connectivity index (χ2v) is 5.92. The van der Waals surface area contributed by atoms with E-state index in [2.05, 4.69) is 10.6 Å². The molecule has 0 aliphatic carbocycles. The zero-order valence-electron chi connectivity index (χ0n) is 15.0. The lowest BCUT2D eigenvalue weighted by Gasteiger charge is -2.15. The van der Waals surface area contributed by atoms with Crippen molar-refractivity contribution >= 4 is 23.5 Å². The summed E-state index contributed by atoms with van der Waals surface area (Å²) in [5, 5.41) is 5.21. The average Bonchev–Trinajstić information content (AvgIpc) is 2.64. The van der Waals surface area contributed by atoms with Crippen molar-refractivity contribution in [1.29, 1.82) is 0 Å². The number of esters is 1. The standard InChI is InChI=1S/C20H22N2O4/c1-13-8-7-11-17(14(13)2)22-19(24)15(3)26-18(23)12-21-20(25)16-9-5-4-6-10-16/h4-11,15H,12H2,1-3H3,(H,21,25)(H,22,24)/t15-/m0/s1. The zero-order chi connectivity index (χ0) is 19.1. The van der Waals surface area contributed by atoms with Gasteiger partial charge in [-0.2, -0.15) is 0 Å². The lowest BCUT2D eigenvalue weighted by atomic mass is 10.1. The summed E-state index contributed by atoms with van der Waals surface area (Å²) in [5.74, 6) is -1.49. The van der Waals surface area contributed by atoms with Crippen LogP contribution in [0, 0.1) is 13.8 Å². The van der Waals surface area contributed by atoms with Gasteiger partial charge in [-0.1, -0.05) is 30.3 Å². The van der Waals surface area contributed by atoms with Gasteiger partial charge in [-0.25, -0.2) is 0 Å². The summed E-state index contributed by atoms with van der Waals surface area (Å²) in [4.78, 5) is 35.9. The number of carbonyl (C=O) groups excluding carboxylic acids is 3. The van der Waals surface area contributed by atoms with Crippen molar-refractivity contribution in [2.45, 2.75) is 26.9 Å². The van der Waals surface area contributed by atoms with Crippen LogP contribution < -0.4 is 10.6 Å². The number of benzene rings is 2. The Morgan fingerprint density at radius 3 is 2.38 bits per heavy atom. The first-order valence-electron chi connectivity index (χ1n) is 8.28. The van der Waals surface area contributed by atoms with Gasteiger partial charge >= 0.3 is 5.97 Å². The smallest absolute Gasteiger partial charge is 0.326 e. The molecule has 2 N–H and O–H groups in total. The van der Waals surface area contributed by atoms with Crippen molar-refractivity contribution in [2.24, 2.45) is 0 Å². The highest BCUT2D eigenvalue weighted by molar-refractivity contribution is 5.97. The lowest BCUT2D eigenvalue weighted by molar-refractivity contribution is -0.152. The highest BCUT2D eigenvalue weighted by Gasteiger charge is 2.19. The minimum Gasteiger partial charge on any atom is -0.451 e. The van der Waals surface area contributed by atoms with Crippen LogP contribution in [-0.2, 0) is 14.3 Å². The Morgan fingerprint density at radius 1 is 1.00 bits per heavy atom. The van der Waals surface area contributed by atoms with Crippen LogP contribution in [0.2, 0.25) is 0 Å². The molecule has 0 aromatic heterocycles. The van der Waals surface area contributed by atoms with Gasteiger partial charge in [-0.3, -0.25) is 14.4 Å². The van der Waals surface area contributed by atoms with Gasteiger partial charge in [0.2, 0.25) is 0 Å². The Labute approximate surface area is 152 Å². The molecule has 2 rings (SSSR count). The summed E-state index contributed by atoms with van der Waals surface area (Å²) in [6, 6.07) is 14.1. The van der Waals surface area contributed by atoms with Gasteiger partial charge in [0.25, 0.3) is 11.8 Å². The predicted octanol–water partition coefficient (Wildman–Crippen LogP) is 2.60. The summed E-state index contributed by atoms with van der Waals surface area (Å²) in [7, 11) is 0. The Balaban J connectivity index is 1.83. The third kappa shape index (κ3) is 5.17. The number of nitrogens with one attached hydrogen (secondary N) is 2. The third-order valence-electron chi connectivity index (χ3n) is 3.97. The third-order valence-corrected chi connectivity index (χ3v) is 3.97. The molecular formula is C20H22N2O4. The van der Waals surface area contributed by atoms with Crippen LogP contribution in [0.15, 0.2) is 48.5 Å². The molecule has 0 aliphatic rings. The second kappa shape index (κ2) is 8.80. The molecule has 2 aromatic carbocycles. The molecule has 0 radical (unpaired) electrons. The van der Waals surface area contributed by atoms with Crippen LogP contribution in [0.25, 0.3) is 0 Å². The lowest BCUT2D eigenvalue weighted by Crippen LogP contribution is -2.35. The molecule has 6 heteroatoms. The van der Waals surface area contributed by atoms with Gasteiger partial charge in [0.05, 0.1) is 0 Å². The van der Waals surface area contributed by atoms with E-state index in [0.717, 1.165) is 11.1 Å². The number of carbonyl (C=O) groups is 3. The fourth-order valence-corrected chi connectivity index (χ4v) is 2.26. The summed E-state index contributed by atoms with van der Waals surface area (Å²) in [5.41, 5.74) is 3.13. The van der Waals surface area contributed by atoms with Crippen molar-refractivity contribution < 1.29 is 19.1 Å². The van der Waals surface area contributed by atoms with Crippen LogP contribution >= 0.6 is 0 Å². The SMILES string of the molecule is Cc1cccc(NC(=O)[C@H](C)OC(=O)CNC(=O)c2ccccc2)c1C. The molecule has 136 valence electrons. The first kappa shape index (κ1) is 19.2. The molecule has 2 amide bonds. The molecule has 0 saturated heterocycles. The Bertz CT molecular complexity index is 803. The second-order valence-electron chi connectivity index (χ2n) is 5.92. The maximum absolute atomic E-state index is 12.2. The van der Waals surface area contributed by atoms with Gasteiger partial charge in [-0.05, 0) is 50.1 Å². The molecule has 2 aromatic rings. The fraction of sp³-hybridized carbons (Fsp3) is 0.250. The van der Waals surface area contributed by atoms with Crippen LogP contribution in [0.1, 0.15) is 28.4 Å². The fourth-order valence-electron chi connectivity index (χ4n) is 2.26. The minimum atomic E-state index is -0.976. The van der Waals surface area contributed by atoms with E-state index < -0.39 is 18.0 Å². The number of hydrogen-bond donors (Lipinski definition) is 2. The van der Waals surface area contributed by atoms with Crippen molar-refractivity contribution in [3.63, 3.8) is 0 Å². The molecule has 0 heterocycles. The van der Waals surface area contributed by atoms with Crippen LogP contribution in [-0.4, -0.2) is 30.4 Å². The average molecular weight is 354 g/mol. The van der Waals surface area contributed by atoms with Gasteiger partial charge in [-0.15, -0.1) is 0 Å². The van der Waals surface area contributed by atoms with Crippen molar-refractivity contribution in [2.75, 3.05) is 11.9 Å². The van der Waals surface area contributed by atoms with E-state index >= 15 is 0 Å². The van der Waals surface area contributed by atoms with Gasteiger partial charge in [0.15, 0.2) is 6.10 Å². The van der Waals surface area contributed by atoms with E-state index in [1.165, 1.54) is 6.92 Å². The molecule has 0 spiro atoms. The predicted molar refractivity (Wildman–Crippen MR) is 98.9 cm³/mol. The van der Waals surface area contributed by atoms with Gasteiger partial charge in [0.1, 0.15) is 6.54 Å². The highest BCUT2D eigenvalue weighted by Crippen LogP contribution is 2.18. The van der Waals surface area contributed by atoms with Gasteiger partial charge < -0.3 is 15.4 Å². The quantitative estimate of drug-likeness (QED) is 0.781. The van der Waals surface area contributed by atoms with E-state index in [0.29, 0.717) is 11.3 Å². The molecule has 0 bridgehead atoms. The number of anilines is 1.